The van der Waals surface area contributed by atoms with Gasteiger partial charge in [0.25, 0.3) is 0 Å². The van der Waals surface area contributed by atoms with Crippen molar-refractivity contribution in [2.45, 2.75) is 13.1 Å². The van der Waals surface area contributed by atoms with Gasteiger partial charge in [-0.15, -0.1) is 0 Å². The summed E-state index contributed by atoms with van der Waals surface area (Å²) in [6.07, 6.45) is -2.43. The van der Waals surface area contributed by atoms with Crippen molar-refractivity contribution in [1.29, 1.82) is 0 Å². The largest absolute Gasteiger partial charge is 0.416 e. The molecule has 0 amide bonds. The van der Waals surface area contributed by atoms with Gasteiger partial charge >= 0.3 is 6.18 Å². The van der Waals surface area contributed by atoms with Crippen molar-refractivity contribution in [3.63, 3.8) is 0 Å². The van der Waals surface area contributed by atoms with Gasteiger partial charge in [0.05, 0.1) is 5.56 Å². The monoisotopic (exact) mass is 358 g/mol. The van der Waals surface area contributed by atoms with Crippen molar-refractivity contribution in [1.82, 2.24) is 0 Å². The predicted octanol–water partition coefficient (Wildman–Crippen LogP) is 6.20. The molecule has 0 spiro atoms. The van der Waals surface area contributed by atoms with Gasteiger partial charge in [0.1, 0.15) is 5.82 Å². The zero-order valence-corrected chi connectivity index (χ0v) is 13.8. The Morgan fingerprint density at radius 1 is 0.923 bits per heavy atom. The minimum absolute atomic E-state index is 0.287. The average molecular weight is 358 g/mol. The van der Waals surface area contributed by atoms with Crippen molar-refractivity contribution in [3.8, 4) is 0 Å². The number of rotatable bonds is 3. The fourth-order valence-electron chi connectivity index (χ4n) is 2.63. The standard InChI is InChI=1S/C21H14F4O/c1-13-2-3-15-11-17(5-4-14(15)10-13)20(26)9-6-16-12-18(21(23,24)25)7-8-19(16)22/h2-12H,1H3/b9-6+. The molecule has 3 aromatic rings. The van der Waals surface area contributed by atoms with E-state index in [0.717, 1.165) is 34.6 Å². The molecule has 132 valence electrons. The second-order valence-corrected chi connectivity index (χ2v) is 6.00. The van der Waals surface area contributed by atoms with E-state index in [1.165, 1.54) is 0 Å². The number of ketones is 1. The lowest BCUT2D eigenvalue weighted by Crippen LogP contribution is -2.05. The number of hydrogen-bond acceptors (Lipinski definition) is 1. The van der Waals surface area contributed by atoms with Gasteiger partial charge in [-0.3, -0.25) is 4.79 Å². The number of fused-ring (bicyclic) bond motifs is 1. The lowest BCUT2D eigenvalue weighted by Gasteiger charge is -2.07. The van der Waals surface area contributed by atoms with Crippen molar-refractivity contribution in [2.24, 2.45) is 0 Å². The number of aryl methyl sites for hydroxylation is 1. The molecule has 26 heavy (non-hydrogen) atoms. The zero-order valence-electron chi connectivity index (χ0n) is 13.8. The highest BCUT2D eigenvalue weighted by atomic mass is 19.4. The van der Waals surface area contributed by atoms with E-state index in [0.29, 0.717) is 17.7 Å². The topological polar surface area (TPSA) is 17.1 Å². The van der Waals surface area contributed by atoms with E-state index >= 15 is 0 Å². The summed E-state index contributed by atoms with van der Waals surface area (Å²) >= 11 is 0. The van der Waals surface area contributed by atoms with E-state index in [4.69, 9.17) is 0 Å². The molecule has 0 aliphatic rings. The molecule has 3 rings (SSSR count). The van der Waals surface area contributed by atoms with Crippen molar-refractivity contribution < 1.29 is 22.4 Å². The zero-order chi connectivity index (χ0) is 18.9. The highest BCUT2D eigenvalue weighted by Gasteiger charge is 2.30. The van der Waals surface area contributed by atoms with Gasteiger partial charge in [-0.05, 0) is 54.1 Å². The van der Waals surface area contributed by atoms with Crippen LogP contribution in [0.2, 0.25) is 0 Å². The fraction of sp³-hybridized carbons (Fsp3) is 0.0952. The second kappa shape index (κ2) is 6.75. The van der Waals surface area contributed by atoms with Crippen LogP contribution in [0.3, 0.4) is 0 Å². The van der Waals surface area contributed by atoms with Gasteiger partial charge in [-0.1, -0.05) is 35.9 Å². The molecule has 0 unspecified atom stereocenters. The number of carbonyl (C=O) groups excluding carboxylic acids is 1. The predicted molar refractivity (Wildman–Crippen MR) is 93.5 cm³/mol. The Morgan fingerprint density at radius 3 is 2.35 bits per heavy atom. The normalized spacial score (nSPS) is 12.0. The SMILES string of the molecule is Cc1ccc2cc(C(=O)/C=C/c3cc(C(F)(F)F)ccc3F)ccc2c1. The first-order chi connectivity index (χ1) is 12.2. The minimum Gasteiger partial charge on any atom is -0.289 e. The van der Waals surface area contributed by atoms with Crippen LogP contribution in [0.25, 0.3) is 16.8 Å². The molecular formula is C21H14F4O. The second-order valence-electron chi connectivity index (χ2n) is 6.00. The van der Waals surface area contributed by atoms with Crippen LogP contribution in [0.5, 0.6) is 0 Å². The van der Waals surface area contributed by atoms with Gasteiger partial charge in [-0.2, -0.15) is 13.2 Å². The van der Waals surface area contributed by atoms with Crippen molar-refractivity contribution in [2.75, 3.05) is 0 Å². The lowest BCUT2D eigenvalue weighted by molar-refractivity contribution is -0.137. The van der Waals surface area contributed by atoms with E-state index in [1.54, 1.807) is 18.2 Å². The molecule has 5 heteroatoms. The Morgan fingerprint density at radius 2 is 1.62 bits per heavy atom. The first-order valence-electron chi connectivity index (χ1n) is 7.83. The Balaban J connectivity index is 1.89. The molecule has 0 aromatic heterocycles. The van der Waals surface area contributed by atoms with Gasteiger partial charge in [0.15, 0.2) is 5.78 Å². The van der Waals surface area contributed by atoms with Crippen LogP contribution in [0.1, 0.15) is 27.0 Å². The summed E-state index contributed by atoms with van der Waals surface area (Å²) in [4.78, 5) is 12.3. The van der Waals surface area contributed by atoms with Gasteiger partial charge in [0.2, 0.25) is 0 Å². The summed E-state index contributed by atoms with van der Waals surface area (Å²) in [5, 5.41) is 1.86. The summed E-state index contributed by atoms with van der Waals surface area (Å²) in [6, 6.07) is 13.0. The average Bonchev–Trinajstić information content (AvgIpc) is 2.59. The van der Waals surface area contributed by atoms with Crippen LogP contribution < -0.4 is 0 Å². The summed E-state index contributed by atoms with van der Waals surface area (Å²) < 4.78 is 51.9. The van der Waals surface area contributed by atoms with Gasteiger partial charge in [-0.25, -0.2) is 4.39 Å². The van der Waals surface area contributed by atoms with Crippen molar-refractivity contribution in [3.05, 3.63) is 88.7 Å². The molecule has 0 atom stereocenters. The van der Waals surface area contributed by atoms with Crippen LogP contribution >= 0.6 is 0 Å². The lowest BCUT2D eigenvalue weighted by atomic mass is 10.0. The molecular weight excluding hydrogens is 344 g/mol. The number of hydrogen-bond donors (Lipinski definition) is 0. The molecule has 1 nitrogen and oxygen atoms in total. The van der Waals surface area contributed by atoms with E-state index in [9.17, 15) is 22.4 Å². The van der Waals surface area contributed by atoms with Gasteiger partial charge in [0, 0.05) is 11.1 Å². The summed E-state index contributed by atoms with van der Waals surface area (Å²) in [7, 11) is 0. The highest BCUT2D eigenvalue weighted by molar-refractivity contribution is 6.08. The molecule has 0 saturated heterocycles. The fourth-order valence-corrected chi connectivity index (χ4v) is 2.63. The molecule has 0 fully saturated rings. The maximum atomic E-state index is 13.7. The van der Waals surface area contributed by atoms with Crippen LogP contribution in [0, 0.1) is 12.7 Å². The van der Waals surface area contributed by atoms with Crippen LogP contribution in [0.15, 0.2) is 60.7 Å². The van der Waals surface area contributed by atoms with Crippen LogP contribution in [0.4, 0.5) is 17.6 Å². The summed E-state index contributed by atoms with van der Waals surface area (Å²) in [5.41, 5.74) is 0.221. The Hall–Kier alpha value is -2.95. The van der Waals surface area contributed by atoms with E-state index < -0.39 is 23.3 Å². The molecule has 0 saturated carbocycles. The van der Waals surface area contributed by atoms with Crippen LogP contribution in [-0.2, 0) is 6.18 Å². The smallest absolute Gasteiger partial charge is 0.289 e. The summed E-state index contributed by atoms with van der Waals surface area (Å²) in [5.74, 6) is -1.24. The van der Waals surface area contributed by atoms with E-state index in [2.05, 4.69) is 0 Å². The maximum absolute atomic E-state index is 13.7. The molecule has 0 aliphatic heterocycles. The molecule has 0 bridgehead atoms. The number of allylic oxidation sites excluding steroid dienone is 1. The third-order valence-corrected chi connectivity index (χ3v) is 4.02. The van der Waals surface area contributed by atoms with E-state index in [-0.39, 0.29) is 5.56 Å². The van der Waals surface area contributed by atoms with Crippen LogP contribution in [-0.4, -0.2) is 5.78 Å². The quantitative estimate of drug-likeness (QED) is 0.309. The molecule has 0 radical (unpaired) electrons. The molecule has 3 aromatic carbocycles. The molecule has 0 N–H and O–H groups in total. The summed E-state index contributed by atoms with van der Waals surface area (Å²) in [6.45, 7) is 1.96. The third-order valence-electron chi connectivity index (χ3n) is 4.02. The molecule has 0 aliphatic carbocycles. The minimum atomic E-state index is -4.57. The number of carbonyl (C=O) groups is 1. The highest BCUT2D eigenvalue weighted by Crippen LogP contribution is 2.30. The number of alkyl halides is 3. The Kier molecular flexibility index (Phi) is 4.64. The molecule has 0 heterocycles. The first-order valence-corrected chi connectivity index (χ1v) is 7.83. The number of halogens is 4. The number of benzene rings is 3. The van der Waals surface area contributed by atoms with E-state index in [1.807, 2.05) is 25.1 Å². The maximum Gasteiger partial charge on any atom is 0.416 e. The third kappa shape index (κ3) is 3.82. The van der Waals surface area contributed by atoms with Crippen molar-refractivity contribution >= 4 is 22.6 Å². The first kappa shape index (κ1) is 17.9. The van der Waals surface area contributed by atoms with Gasteiger partial charge < -0.3 is 0 Å². The Labute approximate surface area is 147 Å². The Bertz CT molecular complexity index is 1020.